The summed E-state index contributed by atoms with van der Waals surface area (Å²) in [5.41, 5.74) is 5.74. The molecule has 1 amide bonds. The van der Waals surface area contributed by atoms with Crippen LogP contribution in [0.3, 0.4) is 0 Å². The van der Waals surface area contributed by atoms with Gasteiger partial charge in [0.1, 0.15) is 10.7 Å². The first-order valence-corrected chi connectivity index (χ1v) is 7.90. The molecular formula is C14H24N4OS. The van der Waals surface area contributed by atoms with Crippen molar-refractivity contribution < 1.29 is 4.79 Å². The van der Waals surface area contributed by atoms with Crippen molar-refractivity contribution in [2.45, 2.75) is 46.1 Å². The Hall–Kier alpha value is -1.30. The number of nitrogens with one attached hydrogen (secondary N) is 2. The number of rotatable bonds is 5. The summed E-state index contributed by atoms with van der Waals surface area (Å²) in [5.74, 6) is 1.51. The monoisotopic (exact) mass is 296 g/mol. The van der Waals surface area contributed by atoms with Gasteiger partial charge in [-0.3, -0.25) is 4.79 Å². The molecule has 4 N–H and O–H groups in total. The van der Waals surface area contributed by atoms with Crippen LogP contribution in [0.15, 0.2) is 0 Å². The third-order valence-corrected chi connectivity index (χ3v) is 4.34. The van der Waals surface area contributed by atoms with E-state index < -0.39 is 0 Å². The van der Waals surface area contributed by atoms with E-state index >= 15 is 0 Å². The quantitative estimate of drug-likeness (QED) is 0.780. The van der Waals surface area contributed by atoms with Crippen LogP contribution in [0.2, 0.25) is 0 Å². The fourth-order valence-electron chi connectivity index (χ4n) is 2.03. The summed E-state index contributed by atoms with van der Waals surface area (Å²) in [6, 6.07) is 0. The van der Waals surface area contributed by atoms with Crippen LogP contribution in [0.5, 0.6) is 0 Å². The van der Waals surface area contributed by atoms with Crippen LogP contribution in [0.1, 0.15) is 50.2 Å². The minimum Gasteiger partial charge on any atom is -0.382 e. The van der Waals surface area contributed by atoms with Gasteiger partial charge in [-0.05, 0) is 45.4 Å². The Bertz CT molecular complexity index is 488. The maximum Gasteiger partial charge on any atom is 0.265 e. The molecule has 20 heavy (non-hydrogen) atoms. The van der Waals surface area contributed by atoms with Crippen LogP contribution in [0, 0.1) is 11.8 Å². The van der Waals surface area contributed by atoms with Gasteiger partial charge in [-0.15, -0.1) is 0 Å². The fraction of sp³-hybridized carbons (Fsp3) is 0.714. The Morgan fingerprint density at radius 1 is 1.50 bits per heavy atom. The van der Waals surface area contributed by atoms with E-state index in [2.05, 4.69) is 22.5 Å². The highest BCUT2D eigenvalue weighted by Gasteiger charge is 2.28. The molecule has 0 bridgehead atoms. The Kier molecular flexibility index (Phi) is 4.22. The molecule has 0 aromatic carbocycles. The minimum atomic E-state index is -0.116. The summed E-state index contributed by atoms with van der Waals surface area (Å²) in [6.07, 6.45) is 2.58. The Labute approximate surface area is 124 Å². The highest BCUT2D eigenvalue weighted by atomic mass is 32.1. The van der Waals surface area contributed by atoms with Crippen LogP contribution < -0.4 is 16.4 Å². The number of hydrogen-bond donors (Lipinski definition) is 3. The molecule has 0 radical (unpaired) electrons. The van der Waals surface area contributed by atoms with Gasteiger partial charge in [0, 0.05) is 12.1 Å². The summed E-state index contributed by atoms with van der Waals surface area (Å²) < 4.78 is 0. The predicted molar refractivity (Wildman–Crippen MR) is 84.1 cm³/mol. The average molecular weight is 296 g/mol. The number of aromatic nitrogens is 1. The Morgan fingerprint density at radius 3 is 2.70 bits per heavy atom. The van der Waals surface area contributed by atoms with Crippen molar-refractivity contribution in [1.29, 1.82) is 0 Å². The van der Waals surface area contributed by atoms with Crippen molar-refractivity contribution in [1.82, 2.24) is 10.3 Å². The van der Waals surface area contributed by atoms with Crippen LogP contribution >= 0.6 is 11.3 Å². The second kappa shape index (κ2) is 5.60. The molecule has 1 aromatic heterocycles. The highest BCUT2D eigenvalue weighted by Crippen LogP contribution is 2.36. The maximum atomic E-state index is 12.1. The van der Waals surface area contributed by atoms with E-state index in [1.807, 2.05) is 20.8 Å². The van der Waals surface area contributed by atoms with Crippen molar-refractivity contribution in [2.75, 3.05) is 17.6 Å². The number of nitrogen functional groups attached to an aromatic ring is 1. The zero-order valence-electron chi connectivity index (χ0n) is 12.6. The first-order chi connectivity index (χ1) is 9.26. The number of hydrogen-bond acceptors (Lipinski definition) is 5. The third kappa shape index (κ3) is 4.10. The topological polar surface area (TPSA) is 80.0 Å². The zero-order chi connectivity index (χ0) is 14.9. The first-order valence-electron chi connectivity index (χ1n) is 7.09. The summed E-state index contributed by atoms with van der Waals surface area (Å²) in [5, 5.41) is 6.89. The average Bonchev–Trinajstić information content (AvgIpc) is 3.09. The van der Waals surface area contributed by atoms with E-state index in [1.54, 1.807) is 0 Å². The molecule has 0 aliphatic heterocycles. The van der Waals surface area contributed by atoms with Gasteiger partial charge in [0.15, 0.2) is 5.13 Å². The van der Waals surface area contributed by atoms with Gasteiger partial charge in [-0.25, -0.2) is 4.98 Å². The van der Waals surface area contributed by atoms with Gasteiger partial charge < -0.3 is 16.4 Å². The van der Waals surface area contributed by atoms with Gasteiger partial charge in [-0.2, -0.15) is 0 Å². The second-order valence-corrected chi connectivity index (χ2v) is 7.63. The van der Waals surface area contributed by atoms with Crippen molar-refractivity contribution in [3.63, 3.8) is 0 Å². The molecule has 1 atom stereocenters. The molecule has 112 valence electrons. The van der Waals surface area contributed by atoms with Gasteiger partial charge in [0.25, 0.3) is 5.91 Å². The van der Waals surface area contributed by atoms with Gasteiger partial charge in [0.2, 0.25) is 0 Å². The van der Waals surface area contributed by atoms with Crippen LogP contribution in [0.4, 0.5) is 10.9 Å². The SMILES string of the molecule is CC(CNC(=O)c1sc(NC(C)(C)C)nc1N)C1CC1. The van der Waals surface area contributed by atoms with Gasteiger partial charge in [-0.1, -0.05) is 18.3 Å². The van der Waals surface area contributed by atoms with E-state index in [4.69, 9.17) is 5.73 Å². The fourth-order valence-corrected chi connectivity index (χ4v) is 3.04. The summed E-state index contributed by atoms with van der Waals surface area (Å²) >= 11 is 1.31. The van der Waals surface area contributed by atoms with E-state index in [1.165, 1.54) is 24.2 Å². The first kappa shape index (κ1) is 15.1. The number of anilines is 2. The molecule has 1 fully saturated rings. The normalized spacial score (nSPS) is 16.8. The lowest BCUT2D eigenvalue weighted by atomic mass is 10.1. The molecule has 6 heteroatoms. The van der Waals surface area contributed by atoms with Crippen LogP contribution in [-0.2, 0) is 0 Å². The van der Waals surface area contributed by atoms with Gasteiger partial charge in [0.05, 0.1) is 0 Å². The molecular weight excluding hydrogens is 272 g/mol. The second-order valence-electron chi connectivity index (χ2n) is 6.63. The van der Waals surface area contributed by atoms with E-state index in [9.17, 15) is 4.79 Å². The molecule has 0 spiro atoms. The van der Waals surface area contributed by atoms with E-state index in [0.29, 0.717) is 28.3 Å². The third-order valence-electron chi connectivity index (χ3n) is 3.35. The number of carbonyl (C=O) groups excluding carboxylic acids is 1. The molecule has 2 rings (SSSR count). The number of carbonyl (C=O) groups is 1. The molecule has 1 saturated carbocycles. The smallest absolute Gasteiger partial charge is 0.265 e. The summed E-state index contributed by atoms with van der Waals surface area (Å²) in [4.78, 5) is 16.9. The molecule has 1 heterocycles. The van der Waals surface area contributed by atoms with Crippen LogP contribution in [0.25, 0.3) is 0 Å². The predicted octanol–water partition coefficient (Wildman–Crippen LogP) is 2.71. The molecule has 5 nitrogen and oxygen atoms in total. The number of nitrogens with zero attached hydrogens (tertiary/aromatic N) is 1. The van der Waals surface area contributed by atoms with Crippen molar-refractivity contribution >= 4 is 28.2 Å². The Morgan fingerprint density at radius 2 is 2.15 bits per heavy atom. The lowest BCUT2D eigenvalue weighted by molar-refractivity contribution is 0.0951. The lowest BCUT2D eigenvalue weighted by Crippen LogP contribution is -2.28. The van der Waals surface area contributed by atoms with Gasteiger partial charge >= 0.3 is 0 Å². The molecule has 1 aromatic rings. The van der Waals surface area contributed by atoms with Crippen molar-refractivity contribution in [3.8, 4) is 0 Å². The summed E-state index contributed by atoms with van der Waals surface area (Å²) in [6.45, 7) is 9.02. The minimum absolute atomic E-state index is 0.0987. The summed E-state index contributed by atoms with van der Waals surface area (Å²) in [7, 11) is 0. The van der Waals surface area contributed by atoms with E-state index in [0.717, 1.165) is 5.92 Å². The molecule has 0 saturated heterocycles. The molecule has 1 unspecified atom stereocenters. The van der Waals surface area contributed by atoms with Crippen molar-refractivity contribution in [2.24, 2.45) is 11.8 Å². The maximum absolute atomic E-state index is 12.1. The lowest BCUT2D eigenvalue weighted by Gasteiger charge is -2.19. The number of nitrogens with two attached hydrogens (primary N) is 1. The number of amides is 1. The molecule has 1 aliphatic rings. The Balaban J connectivity index is 1.95. The van der Waals surface area contributed by atoms with E-state index in [-0.39, 0.29) is 11.4 Å². The van der Waals surface area contributed by atoms with Crippen LogP contribution in [-0.4, -0.2) is 23.0 Å². The number of thiazole rings is 1. The molecule has 1 aliphatic carbocycles. The van der Waals surface area contributed by atoms with Crippen molar-refractivity contribution in [3.05, 3.63) is 4.88 Å². The largest absolute Gasteiger partial charge is 0.382 e. The standard InChI is InChI=1S/C14H24N4OS/c1-8(9-5-6-9)7-16-12(19)10-11(15)17-13(20-10)18-14(2,3)4/h8-9H,5-7,15H2,1-4H3,(H,16,19)(H,17,18). The highest BCUT2D eigenvalue weighted by molar-refractivity contribution is 7.18. The zero-order valence-corrected chi connectivity index (χ0v) is 13.4.